The third kappa shape index (κ3) is 3.39. The van der Waals surface area contributed by atoms with Crippen LogP contribution >= 0.6 is 0 Å². The zero-order valence-corrected chi connectivity index (χ0v) is 13.0. The van der Waals surface area contributed by atoms with Gasteiger partial charge in [-0.05, 0) is 49.1 Å². The number of rotatable bonds is 5. The van der Waals surface area contributed by atoms with E-state index in [-0.39, 0.29) is 5.75 Å². The van der Waals surface area contributed by atoms with Crippen molar-refractivity contribution in [3.63, 3.8) is 0 Å². The van der Waals surface area contributed by atoms with E-state index < -0.39 is 11.9 Å². The van der Waals surface area contributed by atoms with Crippen molar-refractivity contribution < 1.29 is 19.7 Å². The molecule has 0 aliphatic carbocycles. The van der Waals surface area contributed by atoms with Crippen molar-refractivity contribution in [1.82, 2.24) is 0 Å². The van der Waals surface area contributed by atoms with Gasteiger partial charge in [-0.2, -0.15) is 0 Å². The first-order valence-electron chi connectivity index (χ1n) is 7.08. The summed E-state index contributed by atoms with van der Waals surface area (Å²) in [5.74, 6) is -1.10. The molecule has 4 nitrogen and oxygen atoms in total. The number of hydrogen-bond acceptors (Lipinski definition) is 3. The average molecular weight is 300 g/mol. The highest BCUT2D eigenvalue weighted by Gasteiger charge is 2.22. The Morgan fingerprint density at radius 1 is 1.18 bits per heavy atom. The number of methoxy groups -OCH3 is 1. The number of benzene rings is 2. The van der Waals surface area contributed by atoms with Crippen LogP contribution in [0.5, 0.6) is 11.5 Å². The lowest BCUT2D eigenvalue weighted by Crippen LogP contribution is -2.16. The minimum absolute atomic E-state index is 0.0462. The molecule has 2 aromatic rings. The maximum Gasteiger partial charge on any atom is 0.311 e. The summed E-state index contributed by atoms with van der Waals surface area (Å²) in [5.41, 5.74) is 3.63. The second-order valence-electron chi connectivity index (χ2n) is 5.46. The summed E-state index contributed by atoms with van der Waals surface area (Å²) in [6, 6.07) is 10.8. The van der Waals surface area contributed by atoms with Crippen molar-refractivity contribution in [1.29, 1.82) is 0 Å². The van der Waals surface area contributed by atoms with Crippen LogP contribution in [0.25, 0.3) is 0 Å². The van der Waals surface area contributed by atoms with Gasteiger partial charge < -0.3 is 14.9 Å². The Labute approximate surface area is 130 Å². The lowest BCUT2D eigenvalue weighted by Gasteiger charge is -2.17. The van der Waals surface area contributed by atoms with Crippen LogP contribution in [0.3, 0.4) is 0 Å². The number of carboxylic acids is 1. The third-order valence-corrected chi connectivity index (χ3v) is 3.79. The fourth-order valence-corrected chi connectivity index (χ4v) is 2.55. The summed E-state index contributed by atoms with van der Waals surface area (Å²) in [7, 11) is 1.47. The number of hydrogen-bond donors (Lipinski definition) is 2. The number of aliphatic carboxylic acids is 1. The maximum atomic E-state index is 11.7. The summed E-state index contributed by atoms with van der Waals surface area (Å²) in [6.45, 7) is 3.87. The zero-order chi connectivity index (χ0) is 16.3. The molecule has 0 aliphatic rings. The highest BCUT2D eigenvalue weighted by molar-refractivity contribution is 5.77. The van der Waals surface area contributed by atoms with E-state index in [1.54, 1.807) is 12.1 Å². The molecule has 0 aliphatic heterocycles. The lowest BCUT2D eigenvalue weighted by atomic mass is 9.88. The molecule has 0 amide bonds. The first kappa shape index (κ1) is 15.9. The maximum absolute atomic E-state index is 11.7. The van der Waals surface area contributed by atoms with Gasteiger partial charge in [-0.15, -0.1) is 0 Å². The molecule has 0 fully saturated rings. The van der Waals surface area contributed by atoms with Gasteiger partial charge in [0.15, 0.2) is 11.5 Å². The molecule has 0 bridgehead atoms. The Bertz CT molecular complexity index is 691. The van der Waals surface area contributed by atoms with Crippen LogP contribution in [0, 0.1) is 13.8 Å². The van der Waals surface area contributed by atoms with Gasteiger partial charge in [0.2, 0.25) is 0 Å². The fourth-order valence-electron chi connectivity index (χ4n) is 2.55. The molecular weight excluding hydrogens is 280 g/mol. The molecule has 0 radical (unpaired) electrons. The number of aryl methyl sites for hydroxylation is 2. The molecule has 2 N–H and O–H groups in total. The summed E-state index contributed by atoms with van der Waals surface area (Å²) in [5, 5.41) is 19.2. The largest absolute Gasteiger partial charge is 0.504 e. The molecule has 22 heavy (non-hydrogen) atoms. The Kier molecular flexibility index (Phi) is 4.71. The summed E-state index contributed by atoms with van der Waals surface area (Å²) < 4.78 is 5.08. The van der Waals surface area contributed by atoms with Crippen molar-refractivity contribution >= 4 is 5.97 Å². The van der Waals surface area contributed by atoms with Crippen LogP contribution in [0.4, 0.5) is 0 Å². The summed E-state index contributed by atoms with van der Waals surface area (Å²) in [4.78, 5) is 11.7. The first-order chi connectivity index (χ1) is 10.4. The van der Waals surface area contributed by atoms with Crippen LogP contribution in [0.1, 0.15) is 28.2 Å². The monoisotopic (exact) mass is 300 g/mol. The van der Waals surface area contributed by atoms with Crippen LogP contribution in [0.15, 0.2) is 36.4 Å². The van der Waals surface area contributed by atoms with Gasteiger partial charge in [0.1, 0.15) is 0 Å². The molecule has 0 heterocycles. The van der Waals surface area contributed by atoms with E-state index in [4.69, 9.17) is 4.74 Å². The molecule has 4 heteroatoms. The van der Waals surface area contributed by atoms with Crippen LogP contribution in [0.2, 0.25) is 0 Å². The molecule has 2 aromatic carbocycles. The van der Waals surface area contributed by atoms with E-state index in [2.05, 4.69) is 0 Å². The fraction of sp³-hybridized carbons (Fsp3) is 0.278. The predicted octanol–water partition coefficient (Wildman–Crippen LogP) is 3.43. The van der Waals surface area contributed by atoms with E-state index >= 15 is 0 Å². The Morgan fingerprint density at radius 3 is 2.55 bits per heavy atom. The number of carbonyl (C=O) groups is 1. The predicted molar refractivity (Wildman–Crippen MR) is 84.7 cm³/mol. The minimum Gasteiger partial charge on any atom is -0.504 e. The zero-order valence-electron chi connectivity index (χ0n) is 13.0. The topological polar surface area (TPSA) is 66.8 Å². The van der Waals surface area contributed by atoms with Crippen LogP contribution in [-0.4, -0.2) is 23.3 Å². The molecule has 2 rings (SSSR count). The summed E-state index contributed by atoms with van der Waals surface area (Å²) in [6.07, 6.45) is 0.344. The number of phenols is 1. The van der Waals surface area contributed by atoms with E-state index in [1.807, 2.05) is 32.0 Å². The standard InChI is InChI=1S/C18H20O4/c1-11-4-5-12(2)14(8-11)15(18(20)21)9-13-6-7-16(19)17(10-13)22-3/h4-8,10,15,19H,9H2,1-3H3,(H,20,21). The molecule has 0 saturated carbocycles. The molecular formula is C18H20O4. The van der Waals surface area contributed by atoms with Crippen LogP contribution in [-0.2, 0) is 11.2 Å². The Morgan fingerprint density at radius 2 is 1.91 bits per heavy atom. The second-order valence-corrected chi connectivity index (χ2v) is 5.46. The molecule has 116 valence electrons. The van der Waals surface area contributed by atoms with Gasteiger partial charge in [0.25, 0.3) is 0 Å². The summed E-state index contributed by atoms with van der Waals surface area (Å²) >= 11 is 0. The average Bonchev–Trinajstić information content (AvgIpc) is 2.48. The quantitative estimate of drug-likeness (QED) is 0.888. The molecule has 0 saturated heterocycles. The minimum atomic E-state index is -0.860. The van der Waals surface area contributed by atoms with E-state index in [9.17, 15) is 15.0 Å². The van der Waals surface area contributed by atoms with Crippen molar-refractivity contribution in [3.05, 3.63) is 58.7 Å². The molecule has 0 aromatic heterocycles. The first-order valence-corrected chi connectivity index (χ1v) is 7.08. The van der Waals surface area contributed by atoms with Gasteiger partial charge in [0, 0.05) is 0 Å². The highest BCUT2D eigenvalue weighted by Crippen LogP contribution is 2.30. The van der Waals surface area contributed by atoms with Gasteiger partial charge in [-0.3, -0.25) is 4.79 Å². The second kappa shape index (κ2) is 6.52. The van der Waals surface area contributed by atoms with Gasteiger partial charge in [-0.25, -0.2) is 0 Å². The Hall–Kier alpha value is -2.49. The third-order valence-electron chi connectivity index (χ3n) is 3.79. The SMILES string of the molecule is COc1cc(CC(C(=O)O)c2cc(C)ccc2C)ccc1O. The van der Waals surface area contributed by atoms with E-state index in [0.717, 1.165) is 22.3 Å². The lowest BCUT2D eigenvalue weighted by molar-refractivity contribution is -0.138. The molecule has 1 unspecified atom stereocenters. The normalized spacial score (nSPS) is 12.0. The number of carboxylic acid groups (broad SMARTS) is 1. The number of phenolic OH excluding ortho intramolecular Hbond substituents is 1. The Balaban J connectivity index is 2.37. The molecule has 1 atom stereocenters. The number of aromatic hydroxyl groups is 1. The van der Waals surface area contributed by atoms with Crippen molar-refractivity contribution in [2.45, 2.75) is 26.2 Å². The van der Waals surface area contributed by atoms with Gasteiger partial charge in [0.05, 0.1) is 13.0 Å². The van der Waals surface area contributed by atoms with Gasteiger partial charge >= 0.3 is 5.97 Å². The molecule has 0 spiro atoms. The van der Waals surface area contributed by atoms with Crippen molar-refractivity contribution in [2.75, 3.05) is 7.11 Å². The van der Waals surface area contributed by atoms with Gasteiger partial charge in [-0.1, -0.05) is 29.8 Å². The van der Waals surface area contributed by atoms with E-state index in [0.29, 0.717) is 12.2 Å². The van der Waals surface area contributed by atoms with Crippen LogP contribution < -0.4 is 4.74 Å². The highest BCUT2D eigenvalue weighted by atomic mass is 16.5. The smallest absolute Gasteiger partial charge is 0.311 e. The van der Waals surface area contributed by atoms with Crippen molar-refractivity contribution in [3.8, 4) is 11.5 Å². The van der Waals surface area contributed by atoms with Crippen molar-refractivity contribution in [2.24, 2.45) is 0 Å². The number of ether oxygens (including phenoxy) is 1. The van der Waals surface area contributed by atoms with E-state index in [1.165, 1.54) is 13.2 Å².